The summed E-state index contributed by atoms with van der Waals surface area (Å²) in [5, 5.41) is 7.95. The molecule has 4 aliphatic rings. The number of hydrogen-bond acceptors (Lipinski definition) is 6. The minimum Gasteiger partial charge on any atom is -0.351 e. The van der Waals surface area contributed by atoms with Gasteiger partial charge in [0, 0.05) is 49.9 Å². The molecule has 0 radical (unpaired) electrons. The number of carbonyl (C=O) groups is 5. The molecule has 5 amide bonds. The van der Waals surface area contributed by atoms with E-state index in [9.17, 15) is 24.0 Å². The van der Waals surface area contributed by atoms with Crippen molar-refractivity contribution in [2.24, 2.45) is 5.92 Å². The van der Waals surface area contributed by atoms with Crippen molar-refractivity contribution in [3.05, 3.63) is 22.4 Å². The first-order valence-electron chi connectivity index (χ1n) is 12.3. The Kier molecular flexibility index (Phi) is 6.52. The zero-order valence-corrected chi connectivity index (χ0v) is 20.6. The molecule has 0 bridgehead atoms. The highest BCUT2D eigenvalue weighted by atomic mass is 32.1. The second-order valence-electron chi connectivity index (χ2n) is 9.92. The maximum atomic E-state index is 13.6. The summed E-state index contributed by atoms with van der Waals surface area (Å²) in [5.74, 6) is -0.797. The van der Waals surface area contributed by atoms with Gasteiger partial charge >= 0.3 is 0 Å². The lowest BCUT2D eigenvalue weighted by atomic mass is 9.95. The third kappa shape index (κ3) is 4.65. The lowest BCUT2D eigenvalue weighted by Crippen LogP contribution is -2.53. The monoisotopic (exact) mass is 501 g/mol. The summed E-state index contributed by atoms with van der Waals surface area (Å²) >= 11 is 1.51. The second-order valence-corrected chi connectivity index (χ2v) is 11.0. The lowest BCUT2D eigenvalue weighted by molar-refractivity contribution is -0.144. The van der Waals surface area contributed by atoms with E-state index in [0.717, 1.165) is 4.88 Å². The van der Waals surface area contributed by atoms with Crippen LogP contribution in [0.3, 0.4) is 0 Å². The normalized spacial score (nSPS) is 28.9. The average Bonchev–Trinajstić information content (AvgIpc) is 3.57. The molecule has 1 aromatic rings. The van der Waals surface area contributed by atoms with Gasteiger partial charge in [0.15, 0.2) is 0 Å². The van der Waals surface area contributed by atoms with Crippen LogP contribution in [0.4, 0.5) is 0 Å². The zero-order chi connectivity index (χ0) is 24.7. The summed E-state index contributed by atoms with van der Waals surface area (Å²) in [4.78, 5) is 69.9. The van der Waals surface area contributed by atoms with Gasteiger partial charge in [0.25, 0.3) is 0 Å². The highest BCUT2D eigenvalue weighted by Gasteiger charge is 2.52. The van der Waals surface area contributed by atoms with Crippen molar-refractivity contribution in [1.29, 1.82) is 0 Å². The predicted octanol–water partition coefficient (Wildman–Crippen LogP) is -0.266. The van der Waals surface area contributed by atoms with Gasteiger partial charge in [0.05, 0.1) is 12.5 Å². The molecule has 5 rings (SSSR count). The summed E-state index contributed by atoms with van der Waals surface area (Å²) in [7, 11) is 0. The Balaban J connectivity index is 1.23. The molecule has 1 aromatic heterocycles. The van der Waals surface area contributed by atoms with Crippen molar-refractivity contribution in [3.8, 4) is 0 Å². The molecule has 0 spiro atoms. The van der Waals surface area contributed by atoms with E-state index in [1.54, 1.807) is 14.7 Å². The largest absolute Gasteiger partial charge is 0.351 e. The van der Waals surface area contributed by atoms with Crippen LogP contribution in [-0.2, 0) is 30.4 Å². The minimum absolute atomic E-state index is 0.0187. The molecule has 4 saturated heterocycles. The maximum Gasteiger partial charge on any atom is 0.248 e. The molecule has 4 fully saturated rings. The van der Waals surface area contributed by atoms with E-state index in [0.29, 0.717) is 45.3 Å². The molecular formula is C24H31N5O5S. The number of hydrogen-bond donors (Lipinski definition) is 2. The highest BCUT2D eigenvalue weighted by molar-refractivity contribution is 7.10. The SMILES string of the molecule is CC(=O)N1CCC(C(=O)N[C@H]2C[C@@H]3C(=O)N[C@H]4CCN(C(=O)Cc5cccs5)[C@@H]4C(=O)N3C2)CC1. The first kappa shape index (κ1) is 23.8. The van der Waals surface area contributed by atoms with Crippen LogP contribution in [0.5, 0.6) is 0 Å². The van der Waals surface area contributed by atoms with E-state index in [-0.39, 0.29) is 60.5 Å². The number of nitrogens with zero attached hydrogens (tertiary/aromatic N) is 3. The van der Waals surface area contributed by atoms with Crippen LogP contribution in [0.15, 0.2) is 17.5 Å². The molecule has 10 nitrogen and oxygen atoms in total. The summed E-state index contributed by atoms with van der Waals surface area (Å²) in [6.45, 7) is 3.35. The number of carbonyl (C=O) groups excluding carboxylic acids is 5. The highest BCUT2D eigenvalue weighted by Crippen LogP contribution is 2.30. The second kappa shape index (κ2) is 9.60. The van der Waals surface area contributed by atoms with Crippen LogP contribution >= 0.6 is 11.3 Å². The fourth-order valence-electron chi connectivity index (χ4n) is 5.85. The molecule has 0 unspecified atom stereocenters. The molecule has 0 aliphatic carbocycles. The van der Waals surface area contributed by atoms with Crippen LogP contribution in [0, 0.1) is 5.92 Å². The smallest absolute Gasteiger partial charge is 0.248 e. The standard InChI is InChI=1S/C24H31N5O5S/c1-14(30)27-7-4-15(5-8-27)22(32)25-16-11-19-23(33)26-18-6-9-28(21(18)24(34)29(19)13-16)20(31)12-17-3-2-10-35-17/h2-3,10,15-16,18-19,21H,4-9,11-13H2,1H3,(H,25,32)(H,26,33)/t16-,18-,19+,21-/m0/s1. The third-order valence-electron chi connectivity index (χ3n) is 7.75. The van der Waals surface area contributed by atoms with Crippen molar-refractivity contribution in [1.82, 2.24) is 25.3 Å². The Hall–Kier alpha value is -2.95. The first-order chi connectivity index (χ1) is 16.8. The lowest BCUT2D eigenvalue weighted by Gasteiger charge is -2.31. The van der Waals surface area contributed by atoms with E-state index in [1.807, 2.05) is 17.5 Å². The van der Waals surface area contributed by atoms with Crippen LogP contribution in [0.2, 0.25) is 0 Å². The molecule has 11 heteroatoms. The predicted molar refractivity (Wildman–Crippen MR) is 127 cm³/mol. The Morgan fingerprint density at radius 2 is 1.91 bits per heavy atom. The maximum absolute atomic E-state index is 13.6. The summed E-state index contributed by atoms with van der Waals surface area (Å²) in [6.07, 6.45) is 2.37. The summed E-state index contributed by atoms with van der Waals surface area (Å²) in [6, 6.07) is 1.75. The van der Waals surface area contributed by atoms with Gasteiger partial charge in [-0.2, -0.15) is 0 Å². The van der Waals surface area contributed by atoms with Crippen LogP contribution in [0.25, 0.3) is 0 Å². The molecule has 4 atom stereocenters. The van der Waals surface area contributed by atoms with E-state index in [4.69, 9.17) is 0 Å². The summed E-state index contributed by atoms with van der Waals surface area (Å²) < 4.78 is 0. The van der Waals surface area contributed by atoms with Gasteiger partial charge in [-0.1, -0.05) is 6.07 Å². The van der Waals surface area contributed by atoms with Crippen molar-refractivity contribution in [2.75, 3.05) is 26.2 Å². The van der Waals surface area contributed by atoms with Gasteiger partial charge in [-0.05, 0) is 37.1 Å². The van der Waals surface area contributed by atoms with Gasteiger partial charge in [0.2, 0.25) is 29.5 Å². The van der Waals surface area contributed by atoms with Gasteiger partial charge in [-0.25, -0.2) is 0 Å². The van der Waals surface area contributed by atoms with E-state index >= 15 is 0 Å². The number of piperidine rings is 1. The van der Waals surface area contributed by atoms with Crippen LogP contribution < -0.4 is 10.6 Å². The Morgan fingerprint density at radius 3 is 2.60 bits per heavy atom. The molecule has 0 saturated carbocycles. The van der Waals surface area contributed by atoms with E-state index in [1.165, 1.54) is 18.3 Å². The quantitative estimate of drug-likeness (QED) is 0.589. The molecule has 35 heavy (non-hydrogen) atoms. The zero-order valence-electron chi connectivity index (χ0n) is 19.8. The summed E-state index contributed by atoms with van der Waals surface area (Å²) in [5.41, 5.74) is 0. The third-order valence-corrected chi connectivity index (χ3v) is 8.63. The fourth-order valence-corrected chi connectivity index (χ4v) is 6.55. The molecule has 5 heterocycles. The molecule has 4 aliphatic heterocycles. The number of nitrogens with one attached hydrogen (secondary N) is 2. The molecule has 2 N–H and O–H groups in total. The van der Waals surface area contributed by atoms with Crippen molar-refractivity contribution in [2.45, 2.75) is 63.2 Å². The Bertz CT molecular complexity index is 1020. The van der Waals surface area contributed by atoms with Gasteiger partial charge < -0.3 is 25.3 Å². The van der Waals surface area contributed by atoms with E-state index in [2.05, 4.69) is 10.6 Å². The van der Waals surface area contributed by atoms with Gasteiger partial charge in [-0.15, -0.1) is 11.3 Å². The fraction of sp³-hybridized carbons (Fsp3) is 0.625. The van der Waals surface area contributed by atoms with Crippen molar-refractivity contribution < 1.29 is 24.0 Å². The van der Waals surface area contributed by atoms with Gasteiger partial charge in [-0.3, -0.25) is 24.0 Å². The first-order valence-corrected chi connectivity index (χ1v) is 13.2. The van der Waals surface area contributed by atoms with Crippen molar-refractivity contribution in [3.63, 3.8) is 0 Å². The van der Waals surface area contributed by atoms with Crippen LogP contribution in [-0.4, -0.2) is 94.6 Å². The number of fused-ring (bicyclic) bond motifs is 2. The number of likely N-dealkylation sites (tertiary alicyclic amines) is 2. The number of amides is 5. The Morgan fingerprint density at radius 1 is 1.14 bits per heavy atom. The topological polar surface area (TPSA) is 119 Å². The number of thiophene rings is 1. The number of rotatable bonds is 4. The molecular weight excluding hydrogens is 470 g/mol. The molecule has 188 valence electrons. The van der Waals surface area contributed by atoms with Gasteiger partial charge in [0.1, 0.15) is 12.1 Å². The van der Waals surface area contributed by atoms with Crippen LogP contribution in [0.1, 0.15) is 37.5 Å². The average molecular weight is 502 g/mol. The Labute approximate surface area is 208 Å². The molecule has 0 aromatic carbocycles. The van der Waals surface area contributed by atoms with E-state index < -0.39 is 12.1 Å². The minimum atomic E-state index is -0.707. The van der Waals surface area contributed by atoms with Crippen molar-refractivity contribution >= 4 is 40.9 Å².